The summed E-state index contributed by atoms with van der Waals surface area (Å²) in [6.07, 6.45) is 3.63. The van der Waals surface area contributed by atoms with Crippen LogP contribution in [0.2, 0.25) is 0 Å². The van der Waals surface area contributed by atoms with E-state index in [0.717, 1.165) is 41.4 Å². The van der Waals surface area contributed by atoms with Gasteiger partial charge in [-0.3, -0.25) is 4.57 Å². The Kier molecular flexibility index (Phi) is 4.79. The zero-order valence-electron chi connectivity index (χ0n) is 16.7. The standard InChI is InChI=1S/C21H28N5O2/c1-4-25(5-2)21(28)23-14-10-16-15-7-6-8-17-19(15)13(11-26(17)20(22)27)9-18(16)24(3)12-14/h6,8,11,14,16,18H,4-5,9-10,12H2,1-3H3,(H2,22,27)(H,23,28)/t14?,16-,18-/m1/s1. The maximum Gasteiger partial charge on any atom is 0.323 e. The Bertz CT molecular complexity index is 917. The molecule has 1 aliphatic heterocycles. The predicted octanol–water partition coefficient (Wildman–Crippen LogP) is 2.13. The summed E-state index contributed by atoms with van der Waals surface area (Å²) in [4.78, 5) is 28.5. The van der Waals surface area contributed by atoms with E-state index in [-0.39, 0.29) is 18.0 Å². The van der Waals surface area contributed by atoms with Gasteiger partial charge in [-0.05, 0) is 57.0 Å². The fourth-order valence-corrected chi connectivity index (χ4v) is 5.00. The van der Waals surface area contributed by atoms with Crippen molar-refractivity contribution in [3.8, 4) is 0 Å². The van der Waals surface area contributed by atoms with E-state index < -0.39 is 6.03 Å². The van der Waals surface area contributed by atoms with Crippen LogP contribution in [0, 0.1) is 6.07 Å². The molecular formula is C21H28N5O2. The first-order valence-corrected chi connectivity index (χ1v) is 10.0. The van der Waals surface area contributed by atoms with Gasteiger partial charge in [0.05, 0.1) is 5.52 Å². The van der Waals surface area contributed by atoms with Crippen LogP contribution in [0.1, 0.15) is 37.3 Å². The lowest BCUT2D eigenvalue weighted by atomic mass is 9.74. The first-order valence-electron chi connectivity index (χ1n) is 10.0. The largest absolute Gasteiger partial charge is 0.351 e. The number of likely N-dealkylation sites (N-methyl/N-ethyl adjacent to an activating group) is 1. The molecule has 1 aromatic carbocycles. The second-order valence-corrected chi connectivity index (χ2v) is 7.89. The van der Waals surface area contributed by atoms with Crippen molar-refractivity contribution in [3.63, 3.8) is 0 Å². The van der Waals surface area contributed by atoms with Gasteiger partial charge in [0.25, 0.3) is 0 Å². The van der Waals surface area contributed by atoms with E-state index in [1.165, 1.54) is 0 Å². The van der Waals surface area contributed by atoms with Gasteiger partial charge in [0.1, 0.15) is 0 Å². The third kappa shape index (κ3) is 2.94. The number of aromatic nitrogens is 1. The molecule has 0 spiro atoms. The van der Waals surface area contributed by atoms with Crippen molar-refractivity contribution < 1.29 is 9.59 Å². The molecule has 149 valence electrons. The number of nitrogens with one attached hydrogen (secondary N) is 1. The molecule has 2 aromatic rings. The number of piperidine rings is 1. The maximum absolute atomic E-state index is 12.5. The molecule has 1 fully saturated rings. The third-order valence-electron chi connectivity index (χ3n) is 6.36. The number of likely N-dealkylation sites (tertiary alicyclic amines) is 1. The number of fused-ring (bicyclic) bond motifs is 2. The van der Waals surface area contributed by atoms with Crippen LogP contribution in [0.5, 0.6) is 0 Å². The van der Waals surface area contributed by atoms with Crippen LogP contribution in [-0.4, -0.2) is 65.2 Å². The monoisotopic (exact) mass is 382 g/mol. The van der Waals surface area contributed by atoms with Crippen molar-refractivity contribution >= 4 is 23.0 Å². The minimum atomic E-state index is -0.462. The number of hydrogen-bond acceptors (Lipinski definition) is 3. The minimum absolute atomic E-state index is 0.000387. The fraction of sp³-hybridized carbons (Fsp3) is 0.524. The quantitative estimate of drug-likeness (QED) is 0.853. The number of primary amides is 1. The molecule has 3 N–H and O–H groups in total. The minimum Gasteiger partial charge on any atom is -0.351 e. The van der Waals surface area contributed by atoms with Gasteiger partial charge in [-0.1, -0.05) is 6.07 Å². The number of carbonyl (C=O) groups is 2. The molecule has 0 saturated carbocycles. The van der Waals surface area contributed by atoms with Gasteiger partial charge in [0.15, 0.2) is 0 Å². The van der Waals surface area contributed by atoms with Crippen molar-refractivity contribution in [2.45, 2.75) is 44.7 Å². The van der Waals surface area contributed by atoms with E-state index in [4.69, 9.17) is 5.73 Å². The van der Waals surface area contributed by atoms with Gasteiger partial charge in [0.2, 0.25) is 0 Å². The first-order chi connectivity index (χ1) is 13.4. The van der Waals surface area contributed by atoms with Crippen LogP contribution in [0.3, 0.4) is 0 Å². The molecule has 4 rings (SSSR count). The molecular weight excluding hydrogens is 354 g/mol. The second kappa shape index (κ2) is 7.13. The average Bonchev–Trinajstić information content (AvgIpc) is 3.04. The third-order valence-corrected chi connectivity index (χ3v) is 6.36. The fourth-order valence-electron chi connectivity index (χ4n) is 5.00. The highest BCUT2D eigenvalue weighted by Gasteiger charge is 2.40. The summed E-state index contributed by atoms with van der Waals surface area (Å²) in [7, 11) is 2.11. The van der Waals surface area contributed by atoms with E-state index >= 15 is 0 Å². The molecule has 1 saturated heterocycles. The Morgan fingerprint density at radius 1 is 1.36 bits per heavy atom. The number of amides is 3. The Morgan fingerprint density at radius 3 is 2.79 bits per heavy atom. The highest BCUT2D eigenvalue weighted by molar-refractivity contribution is 5.96. The number of nitrogens with zero attached hydrogens (tertiary/aromatic N) is 3. The lowest BCUT2D eigenvalue weighted by Crippen LogP contribution is -2.56. The lowest BCUT2D eigenvalue weighted by molar-refractivity contribution is 0.124. The Hall–Kier alpha value is -2.54. The number of nitrogens with two attached hydrogens (primary N) is 1. The Balaban J connectivity index is 1.66. The van der Waals surface area contributed by atoms with Gasteiger partial charge in [-0.2, -0.15) is 0 Å². The molecule has 3 amide bonds. The van der Waals surface area contributed by atoms with Gasteiger partial charge in [-0.15, -0.1) is 0 Å². The second-order valence-electron chi connectivity index (χ2n) is 7.89. The highest BCUT2D eigenvalue weighted by Crippen LogP contribution is 2.43. The molecule has 1 radical (unpaired) electrons. The van der Waals surface area contributed by atoms with Crippen LogP contribution in [0.15, 0.2) is 18.3 Å². The van der Waals surface area contributed by atoms with E-state index in [1.807, 2.05) is 37.1 Å². The van der Waals surface area contributed by atoms with Crippen LogP contribution in [0.25, 0.3) is 10.9 Å². The summed E-state index contributed by atoms with van der Waals surface area (Å²) in [6.45, 7) is 6.21. The first kappa shape index (κ1) is 18.8. The molecule has 1 unspecified atom stereocenters. The molecule has 28 heavy (non-hydrogen) atoms. The molecule has 2 heterocycles. The summed E-state index contributed by atoms with van der Waals surface area (Å²) in [6, 6.07) is 7.16. The maximum atomic E-state index is 12.5. The summed E-state index contributed by atoms with van der Waals surface area (Å²) >= 11 is 0. The van der Waals surface area contributed by atoms with Crippen molar-refractivity contribution in [2.75, 3.05) is 26.7 Å². The van der Waals surface area contributed by atoms with E-state index in [9.17, 15) is 9.59 Å². The summed E-state index contributed by atoms with van der Waals surface area (Å²) in [5, 5.41) is 4.32. The molecule has 3 atom stereocenters. The smallest absolute Gasteiger partial charge is 0.323 e. The Morgan fingerprint density at radius 2 is 2.11 bits per heavy atom. The molecule has 7 nitrogen and oxygen atoms in total. The topological polar surface area (TPSA) is 83.6 Å². The lowest BCUT2D eigenvalue weighted by Gasteiger charge is -2.45. The van der Waals surface area contributed by atoms with Crippen molar-refractivity contribution in [1.29, 1.82) is 0 Å². The van der Waals surface area contributed by atoms with Crippen LogP contribution >= 0.6 is 0 Å². The number of carbonyl (C=O) groups excluding carboxylic acids is 2. The van der Waals surface area contributed by atoms with Crippen molar-refractivity contribution in [1.82, 2.24) is 19.7 Å². The average molecular weight is 382 g/mol. The van der Waals surface area contributed by atoms with Gasteiger partial charge >= 0.3 is 12.1 Å². The predicted molar refractivity (Wildman–Crippen MR) is 108 cm³/mol. The zero-order chi connectivity index (χ0) is 20.0. The van der Waals surface area contributed by atoms with E-state index in [2.05, 4.69) is 23.3 Å². The van der Waals surface area contributed by atoms with Crippen LogP contribution in [-0.2, 0) is 6.42 Å². The van der Waals surface area contributed by atoms with E-state index in [1.54, 1.807) is 4.57 Å². The number of hydrogen-bond donors (Lipinski definition) is 2. The van der Waals surface area contributed by atoms with E-state index in [0.29, 0.717) is 19.1 Å². The molecule has 1 aromatic heterocycles. The van der Waals surface area contributed by atoms with Gasteiger partial charge < -0.3 is 20.9 Å². The number of benzene rings is 1. The van der Waals surface area contributed by atoms with Crippen molar-refractivity contribution in [3.05, 3.63) is 35.5 Å². The number of urea groups is 1. The molecule has 7 heteroatoms. The normalized spacial score (nSPS) is 24.0. The molecule has 0 bridgehead atoms. The summed E-state index contributed by atoms with van der Waals surface area (Å²) in [5.74, 6) is 0.265. The Labute approximate surface area is 165 Å². The molecule has 2 aliphatic rings. The highest BCUT2D eigenvalue weighted by atomic mass is 16.2. The zero-order valence-corrected chi connectivity index (χ0v) is 16.7. The van der Waals surface area contributed by atoms with Gasteiger partial charge in [0, 0.05) is 49.2 Å². The van der Waals surface area contributed by atoms with Crippen molar-refractivity contribution in [2.24, 2.45) is 5.73 Å². The summed E-state index contributed by atoms with van der Waals surface area (Å²) in [5.41, 5.74) is 8.72. The SMILES string of the molecule is CCN(CC)C(=O)NC1C[C@@H]2c3[c]ccc4c3c(cn4C(N)=O)C[C@H]2N(C)C1. The van der Waals surface area contributed by atoms with Gasteiger partial charge in [-0.25, -0.2) is 9.59 Å². The number of rotatable bonds is 3. The molecule has 1 aliphatic carbocycles. The summed E-state index contributed by atoms with van der Waals surface area (Å²) < 4.78 is 1.54. The van der Waals surface area contributed by atoms with Crippen LogP contribution < -0.4 is 11.1 Å². The van der Waals surface area contributed by atoms with Crippen LogP contribution in [0.4, 0.5) is 9.59 Å².